The number of morpholine rings is 1. The fourth-order valence-corrected chi connectivity index (χ4v) is 3.97. The molecule has 0 saturated carbocycles. The Bertz CT molecular complexity index is 1010. The number of hydrogen-bond acceptors (Lipinski definition) is 4. The van der Waals surface area contributed by atoms with Crippen molar-refractivity contribution in [1.29, 1.82) is 0 Å². The molecular formula is C26H34N6O. The highest BCUT2D eigenvalue weighted by atomic mass is 16.5. The molecule has 4 rings (SSSR count). The van der Waals surface area contributed by atoms with E-state index in [1.807, 2.05) is 18.5 Å². The first kappa shape index (κ1) is 23.0. The lowest BCUT2D eigenvalue weighted by molar-refractivity contribution is 0.0341. The third-order valence-electron chi connectivity index (χ3n) is 5.78. The molecule has 0 bridgehead atoms. The number of aromatic nitrogens is 2. The van der Waals surface area contributed by atoms with Crippen LogP contribution in [0.15, 0.2) is 72.0 Å². The van der Waals surface area contributed by atoms with Gasteiger partial charge < -0.3 is 19.9 Å². The minimum atomic E-state index is 0.612. The number of aliphatic imine (C=N–C) groups is 1. The van der Waals surface area contributed by atoms with Gasteiger partial charge in [-0.25, -0.2) is 9.98 Å². The maximum Gasteiger partial charge on any atom is 0.191 e. The molecule has 2 N–H and O–H groups in total. The van der Waals surface area contributed by atoms with Gasteiger partial charge in [-0.3, -0.25) is 4.90 Å². The molecule has 2 heterocycles. The Balaban J connectivity index is 1.38. The molecule has 0 amide bonds. The Hall–Kier alpha value is -3.16. The average molecular weight is 447 g/mol. The second-order valence-corrected chi connectivity index (χ2v) is 8.16. The van der Waals surface area contributed by atoms with Crippen molar-refractivity contribution in [1.82, 2.24) is 25.1 Å². The second kappa shape index (κ2) is 12.2. The van der Waals surface area contributed by atoms with Gasteiger partial charge in [-0.05, 0) is 23.6 Å². The first-order valence-corrected chi connectivity index (χ1v) is 11.7. The molecule has 0 radical (unpaired) electrons. The van der Waals surface area contributed by atoms with Crippen LogP contribution < -0.4 is 10.6 Å². The molecule has 1 aliphatic rings. The molecule has 0 unspecified atom stereocenters. The summed E-state index contributed by atoms with van der Waals surface area (Å²) in [6.07, 6.45) is 3.88. The standard InChI is InChI=1S/C26H34N6O/c1-2-27-26(30-19-25-28-12-13-32(25)20-22-8-4-3-5-9-22)29-18-23-10-6-7-11-24(23)21-31-14-16-33-17-15-31/h3-13H,2,14-21H2,1H3,(H2,27,29,30). The lowest BCUT2D eigenvalue weighted by Gasteiger charge is -2.27. The summed E-state index contributed by atoms with van der Waals surface area (Å²) in [6.45, 7) is 9.48. The predicted molar refractivity (Wildman–Crippen MR) is 132 cm³/mol. The van der Waals surface area contributed by atoms with Crippen molar-refractivity contribution in [3.05, 3.63) is 89.5 Å². The first-order chi connectivity index (χ1) is 16.3. The van der Waals surface area contributed by atoms with Gasteiger partial charge in [0.05, 0.1) is 26.3 Å². The van der Waals surface area contributed by atoms with Crippen LogP contribution in [-0.4, -0.2) is 53.3 Å². The summed E-state index contributed by atoms with van der Waals surface area (Å²) >= 11 is 0. The lowest BCUT2D eigenvalue weighted by atomic mass is 10.1. The van der Waals surface area contributed by atoms with Crippen LogP contribution in [0.25, 0.3) is 0 Å². The van der Waals surface area contributed by atoms with Gasteiger partial charge in [0.1, 0.15) is 5.82 Å². The van der Waals surface area contributed by atoms with Crippen molar-refractivity contribution in [2.45, 2.75) is 33.1 Å². The summed E-state index contributed by atoms with van der Waals surface area (Å²) in [5.41, 5.74) is 3.85. The SMILES string of the molecule is CCNC(=NCc1ccccc1CN1CCOCC1)NCc1nccn1Cc1ccccc1. The third-order valence-corrected chi connectivity index (χ3v) is 5.78. The maximum atomic E-state index is 5.49. The van der Waals surface area contributed by atoms with E-state index in [1.165, 1.54) is 16.7 Å². The van der Waals surface area contributed by atoms with Crippen LogP contribution in [0.2, 0.25) is 0 Å². The number of benzene rings is 2. The van der Waals surface area contributed by atoms with Gasteiger partial charge in [-0.1, -0.05) is 54.6 Å². The smallest absolute Gasteiger partial charge is 0.191 e. The second-order valence-electron chi connectivity index (χ2n) is 8.16. The molecule has 0 atom stereocenters. The van der Waals surface area contributed by atoms with Gasteiger partial charge in [0.2, 0.25) is 0 Å². The quantitative estimate of drug-likeness (QED) is 0.391. The number of nitrogens with zero attached hydrogens (tertiary/aromatic N) is 4. The number of hydrogen-bond donors (Lipinski definition) is 2. The van der Waals surface area contributed by atoms with Crippen LogP contribution in [-0.2, 0) is 30.9 Å². The lowest BCUT2D eigenvalue weighted by Crippen LogP contribution is -2.37. The molecule has 2 aromatic carbocycles. The van der Waals surface area contributed by atoms with Crippen molar-refractivity contribution < 1.29 is 4.74 Å². The van der Waals surface area contributed by atoms with Crippen molar-refractivity contribution in [2.75, 3.05) is 32.8 Å². The van der Waals surface area contributed by atoms with Gasteiger partial charge in [-0.15, -0.1) is 0 Å². The van der Waals surface area contributed by atoms with E-state index < -0.39 is 0 Å². The number of imidazole rings is 1. The number of nitrogens with one attached hydrogen (secondary N) is 2. The summed E-state index contributed by atoms with van der Waals surface area (Å²) in [5, 5.41) is 6.81. The van der Waals surface area contributed by atoms with Gasteiger partial charge in [0.25, 0.3) is 0 Å². The molecule has 1 aromatic heterocycles. The van der Waals surface area contributed by atoms with Crippen LogP contribution in [0.5, 0.6) is 0 Å². The maximum absolute atomic E-state index is 5.49. The van der Waals surface area contributed by atoms with E-state index in [0.717, 1.165) is 57.7 Å². The van der Waals surface area contributed by atoms with E-state index in [0.29, 0.717) is 13.1 Å². The zero-order valence-electron chi connectivity index (χ0n) is 19.4. The summed E-state index contributed by atoms with van der Waals surface area (Å²) < 4.78 is 7.66. The molecule has 7 heteroatoms. The first-order valence-electron chi connectivity index (χ1n) is 11.7. The van der Waals surface area contributed by atoms with Gasteiger partial charge >= 0.3 is 0 Å². The molecule has 3 aromatic rings. The Morgan fingerprint density at radius 3 is 2.52 bits per heavy atom. The summed E-state index contributed by atoms with van der Waals surface area (Å²) in [6, 6.07) is 19.0. The highest BCUT2D eigenvalue weighted by Gasteiger charge is 2.13. The van der Waals surface area contributed by atoms with Crippen molar-refractivity contribution in [2.24, 2.45) is 4.99 Å². The van der Waals surface area contributed by atoms with E-state index in [9.17, 15) is 0 Å². The number of ether oxygens (including phenoxy) is 1. The van der Waals surface area contributed by atoms with E-state index in [4.69, 9.17) is 9.73 Å². The molecular weight excluding hydrogens is 412 g/mol. The number of rotatable bonds is 9. The largest absolute Gasteiger partial charge is 0.379 e. The monoisotopic (exact) mass is 446 g/mol. The van der Waals surface area contributed by atoms with Crippen molar-refractivity contribution in [3.8, 4) is 0 Å². The Morgan fingerprint density at radius 1 is 0.970 bits per heavy atom. The van der Waals surface area contributed by atoms with Gasteiger partial charge in [0, 0.05) is 45.1 Å². The Kier molecular flexibility index (Phi) is 8.49. The summed E-state index contributed by atoms with van der Waals surface area (Å²) in [7, 11) is 0. The van der Waals surface area contributed by atoms with E-state index in [2.05, 4.69) is 80.5 Å². The normalized spacial score (nSPS) is 14.9. The molecule has 0 spiro atoms. The van der Waals surface area contributed by atoms with Crippen LogP contribution in [0, 0.1) is 0 Å². The van der Waals surface area contributed by atoms with E-state index in [-0.39, 0.29) is 0 Å². The Morgan fingerprint density at radius 2 is 1.73 bits per heavy atom. The van der Waals surface area contributed by atoms with Crippen LogP contribution in [0.3, 0.4) is 0 Å². The molecule has 1 saturated heterocycles. The molecule has 33 heavy (non-hydrogen) atoms. The topological polar surface area (TPSA) is 66.7 Å². The minimum absolute atomic E-state index is 0.612. The van der Waals surface area contributed by atoms with Crippen LogP contribution >= 0.6 is 0 Å². The fraction of sp³-hybridized carbons (Fsp3) is 0.385. The van der Waals surface area contributed by atoms with Crippen molar-refractivity contribution in [3.63, 3.8) is 0 Å². The third kappa shape index (κ3) is 6.91. The number of guanidine groups is 1. The average Bonchev–Trinajstić information content (AvgIpc) is 3.30. The molecule has 7 nitrogen and oxygen atoms in total. The molecule has 174 valence electrons. The summed E-state index contributed by atoms with van der Waals surface area (Å²) in [4.78, 5) is 11.9. The molecule has 1 fully saturated rings. The highest BCUT2D eigenvalue weighted by molar-refractivity contribution is 5.79. The zero-order valence-corrected chi connectivity index (χ0v) is 19.4. The zero-order chi connectivity index (χ0) is 22.7. The fourth-order valence-electron chi connectivity index (χ4n) is 3.97. The highest BCUT2D eigenvalue weighted by Crippen LogP contribution is 2.14. The van der Waals surface area contributed by atoms with Crippen LogP contribution in [0.4, 0.5) is 0 Å². The molecule has 0 aliphatic carbocycles. The minimum Gasteiger partial charge on any atom is -0.379 e. The predicted octanol–water partition coefficient (Wildman–Crippen LogP) is 3.02. The molecule has 1 aliphatic heterocycles. The van der Waals surface area contributed by atoms with Crippen LogP contribution in [0.1, 0.15) is 29.4 Å². The van der Waals surface area contributed by atoms with E-state index >= 15 is 0 Å². The van der Waals surface area contributed by atoms with Gasteiger partial charge in [0.15, 0.2) is 5.96 Å². The van der Waals surface area contributed by atoms with Gasteiger partial charge in [-0.2, -0.15) is 0 Å². The van der Waals surface area contributed by atoms with Crippen molar-refractivity contribution >= 4 is 5.96 Å². The van der Waals surface area contributed by atoms with E-state index in [1.54, 1.807) is 0 Å². The summed E-state index contributed by atoms with van der Waals surface area (Å²) in [5.74, 6) is 1.78. The Labute approximate surface area is 196 Å².